The third-order valence-electron chi connectivity index (χ3n) is 2.44. The Bertz CT molecular complexity index is 375. The fraction of sp³-hybridized carbons (Fsp3) is 0.900. The van der Waals surface area contributed by atoms with Gasteiger partial charge in [-0.2, -0.15) is 39.5 Å². The minimum absolute atomic E-state index is 0.0447. The largest absolute Gasteiger partial charge is 0.460 e. The second kappa shape index (κ2) is 5.91. The lowest BCUT2D eigenvalue weighted by molar-refractivity contribution is -0.388. The van der Waals surface area contributed by atoms with Crippen LogP contribution in [-0.2, 0) is 4.79 Å². The van der Waals surface area contributed by atoms with Gasteiger partial charge in [0, 0.05) is 6.54 Å². The van der Waals surface area contributed by atoms with Crippen molar-refractivity contribution in [3.8, 4) is 0 Å². The van der Waals surface area contributed by atoms with Crippen molar-refractivity contribution in [2.45, 2.75) is 44.2 Å². The molecule has 0 unspecified atom stereocenters. The molecule has 1 N–H and O–H groups in total. The molecule has 0 fully saturated rings. The minimum Gasteiger partial charge on any atom is -0.351 e. The van der Waals surface area contributed by atoms with Crippen LogP contribution >= 0.6 is 0 Å². The Kier molecular flexibility index (Phi) is 5.59. The van der Waals surface area contributed by atoms with Crippen LogP contribution in [0, 0.1) is 5.92 Å². The van der Waals surface area contributed by atoms with Crippen molar-refractivity contribution in [3.05, 3.63) is 0 Å². The van der Waals surface area contributed by atoms with Crippen molar-refractivity contribution in [1.82, 2.24) is 5.32 Å². The summed E-state index contributed by atoms with van der Waals surface area (Å²) in [6, 6.07) is 0. The highest BCUT2D eigenvalue weighted by atomic mass is 19.4. The van der Waals surface area contributed by atoms with E-state index < -0.39 is 36.4 Å². The molecule has 0 radical (unpaired) electrons. The monoisotopic (exact) mass is 333 g/mol. The molecule has 0 bridgehead atoms. The Morgan fingerprint density at radius 1 is 0.905 bits per heavy atom. The maximum atomic E-state index is 13.0. The topological polar surface area (TPSA) is 29.1 Å². The summed E-state index contributed by atoms with van der Waals surface area (Å²) in [6.45, 7) is 2.59. The summed E-state index contributed by atoms with van der Waals surface area (Å²) in [4.78, 5) is 10.8. The molecule has 2 nitrogen and oxygen atoms in total. The van der Waals surface area contributed by atoms with Gasteiger partial charge in [0.2, 0.25) is 0 Å². The Morgan fingerprint density at radius 2 is 1.33 bits per heavy atom. The van der Waals surface area contributed by atoms with Gasteiger partial charge in [-0.15, -0.1) is 0 Å². The maximum absolute atomic E-state index is 13.0. The molecule has 0 spiro atoms. The van der Waals surface area contributed by atoms with Crippen LogP contribution in [0.5, 0.6) is 0 Å². The second-order valence-electron chi connectivity index (χ2n) is 4.66. The van der Waals surface area contributed by atoms with Gasteiger partial charge >= 0.3 is 23.9 Å². The summed E-state index contributed by atoms with van der Waals surface area (Å²) >= 11 is 0. The molecule has 0 saturated carbocycles. The first-order valence-electron chi connectivity index (χ1n) is 5.57. The number of alkyl halides is 9. The lowest BCUT2D eigenvalue weighted by Crippen LogP contribution is -2.65. The predicted molar refractivity (Wildman–Crippen MR) is 53.4 cm³/mol. The molecule has 0 rings (SSSR count). The van der Waals surface area contributed by atoms with E-state index in [1.165, 1.54) is 5.32 Å². The molecule has 0 aliphatic heterocycles. The highest BCUT2D eigenvalue weighted by Crippen LogP contribution is 2.53. The molecule has 21 heavy (non-hydrogen) atoms. The van der Waals surface area contributed by atoms with E-state index in [9.17, 15) is 44.3 Å². The average Bonchev–Trinajstić information content (AvgIpc) is 2.26. The van der Waals surface area contributed by atoms with Gasteiger partial charge in [-0.3, -0.25) is 4.79 Å². The van der Waals surface area contributed by atoms with E-state index >= 15 is 0 Å². The number of hydrogen-bond donors (Lipinski definition) is 1. The SMILES string of the molecule is CC(C)CCNC(=O)C(F)(F)C(F)(F)C(F)(F)C(F)(F)F. The van der Waals surface area contributed by atoms with Crippen molar-refractivity contribution in [2.24, 2.45) is 5.92 Å². The summed E-state index contributed by atoms with van der Waals surface area (Å²) < 4.78 is 112. The molecule has 126 valence electrons. The first kappa shape index (κ1) is 19.8. The Hall–Kier alpha value is -1.16. The van der Waals surface area contributed by atoms with Crippen LogP contribution in [0.25, 0.3) is 0 Å². The minimum atomic E-state index is -7.06. The molecular formula is C10H12F9NO. The Balaban J connectivity index is 5.24. The molecule has 0 heterocycles. The van der Waals surface area contributed by atoms with Gasteiger partial charge in [-0.05, 0) is 12.3 Å². The number of amides is 1. The van der Waals surface area contributed by atoms with E-state index in [4.69, 9.17) is 0 Å². The molecule has 0 aliphatic rings. The molecule has 0 aromatic rings. The summed E-state index contributed by atoms with van der Waals surface area (Å²) in [7, 11) is 0. The number of nitrogens with one attached hydrogen (secondary N) is 1. The first-order valence-corrected chi connectivity index (χ1v) is 5.57. The lowest BCUT2D eigenvalue weighted by atomic mass is 10.0. The maximum Gasteiger partial charge on any atom is 0.460 e. The van der Waals surface area contributed by atoms with Crippen molar-refractivity contribution in [2.75, 3.05) is 6.54 Å². The number of halogens is 9. The van der Waals surface area contributed by atoms with Crippen LogP contribution in [0.3, 0.4) is 0 Å². The zero-order valence-electron chi connectivity index (χ0n) is 10.8. The van der Waals surface area contributed by atoms with Gasteiger partial charge in [0.15, 0.2) is 0 Å². The van der Waals surface area contributed by atoms with Crippen LogP contribution in [-0.4, -0.2) is 36.4 Å². The quantitative estimate of drug-likeness (QED) is 0.739. The van der Waals surface area contributed by atoms with Gasteiger partial charge < -0.3 is 5.32 Å². The van der Waals surface area contributed by atoms with E-state index in [1.54, 1.807) is 13.8 Å². The number of carbonyl (C=O) groups excluding carboxylic acids is 1. The van der Waals surface area contributed by atoms with Crippen molar-refractivity contribution in [1.29, 1.82) is 0 Å². The van der Waals surface area contributed by atoms with Crippen molar-refractivity contribution in [3.63, 3.8) is 0 Å². The molecule has 0 saturated heterocycles. The van der Waals surface area contributed by atoms with E-state index in [2.05, 4.69) is 0 Å². The van der Waals surface area contributed by atoms with E-state index in [0.717, 1.165) is 0 Å². The molecule has 0 aliphatic carbocycles. The number of hydrogen-bond acceptors (Lipinski definition) is 1. The highest BCUT2D eigenvalue weighted by Gasteiger charge is 2.83. The number of rotatable bonds is 6. The van der Waals surface area contributed by atoms with Crippen LogP contribution < -0.4 is 5.32 Å². The summed E-state index contributed by atoms with van der Waals surface area (Å²) in [6.07, 6.45) is -6.89. The third kappa shape index (κ3) is 3.73. The summed E-state index contributed by atoms with van der Waals surface area (Å²) in [5, 5.41) is 1.21. The fourth-order valence-electron chi connectivity index (χ4n) is 1.10. The van der Waals surface area contributed by atoms with Gasteiger partial charge in [0.05, 0.1) is 0 Å². The molecule has 11 heteroatoms. The average molecular weight is 333 g/mol. The lowest BCUT2D eigenvalue weighted by Gasteiger charge is -2.32. The van der Waals surface area contributed by atoms with Gasteiger partial charge in [-0.25, -0.2) is 0 Å². The summed E-state index contributed by atoms with van der Waals surface area (Å²) in [5.74, 6) is -23.2. The Morgan fingerprint density at radius 3 is 1.67 bits per heavy atom. The smallest absolute Gasteiger partial charge is 0.351 e. The van der Waals surface area contributed by atoms with E-state index in [0.29, 0.717) is 0 Å². The van der Waals surface area contributed by atoms with Gasteiger partial charge in [0.25, 0.3) is 5.91 Å². The van der Waals surface area contributed by atoms with Crippen LogP contribution in [0.1, 0.15) is 20.3 Å². The number of carbonyl (C=O) groups is 1. The normalized spacial score (nSPS) is 14.5. The van der Waals surface area contributed by atoms with Crippen molar-refractivity contribution < 1.29 is 44.3 Å². The van der Waals surface area contributed by atoms with Crippen LogP contribution in [0.4, 0.5) is 39.5 Å². The van der Waals surface area contributed by atoms with E-state index in [1.807, 2.05) is 0 Å². The fourth-order valence-corrected chi connectivity index (χ4v) is 1.10. The predicted octanol–water partition coefficient (Wildman–Crippen LogP) is 3.62. The van der Waals surface area contributed by atoms with E-state index in [-0.39, 0.29) is 12.3 Å². The second-order valence-corrected chi connectivity index (χ2v) is 4.66. The van der Waals surface area contributed by atoms with Crippen molar-refractivity contribution >= 4 is 5.91 Å². The molecule has 0 atom stereocenters. The zero-order valence-corrected chi connectivity index (χ0v) is 10.8. The molecular weight excluding hydrogens is 321 g/mol. The highest BCUT2D eigenvalue weighted by molar-refractivity contribution is 5.84. The first-order chi connectivity index (χ1) is 9.09. The zero-order chi connectivity index (χ0) is 17.3. The molecule has 0 aromatic carbocycles. The summed E-state index contributed by atoms with van der Waals surface area (Å²) in [5.41, 5.74) is 0. The van der Waals surface area contributed by atoms with Crippen LogP contribution in [0.2, 0.25) is 0 Å². The van der Waals surface area contributed by atoms with Gasteiger partial charge in [-0.1, -0.05) is 13.8 Å². The molecule has 0 aromatic heterocycles. The molecule has 1 amide bonds. The third-order valence-corrected chi connectivity index (χ3v) is 2.44. The Labute approximate surface area is 113 Å². The van der Waals surface area contributed by atoms with Crippen LogP contribution in [0.15, 0.2) is 0 Å². The standard InChI is InChI=1S/C10H12F9NO/c1-5(2)3-4-20-6(21)7(11,12)8(13,14)9(15,16)10(17,18)19/h5H,3-4H2,1-2H3,(H,20,21). The van der Waals surface area contributed by atoms with Gasteiger partial charge in [0.1, 0.15) is 0 Å².